The van der Waals surface area contributed by atoms with Crippen molar-refractivity contribution in [2.75, 3.05) is 19.8 Å². The van der Waals surface area contributed by atoms with Crippen LogP contribution in [0.3, 0.4) is 0 Å². The van der Waals surface area contributed by atoms with Crippen molar-refractivity contribution < 1.29 is 33.6 Å². The summed E-state index contributed by atoms with van der Waals surface area (Å²) in [6, 6.07) is -0.441. The molecule has 2 rings (SSSR count). The standard InChI is InChI=1S/C25H47NO7Si/c1-22(2,3)32-21(28)26-18(15-31-24(26,7)8)13-25(29,17-27)14-19-11-12-20(16-30-19)33-34(9,10)23(4,5)6/h11-12,18-20,27,29H,13-17H2,1-10H3/t18-,19-,20-,25+/m0/s1. The molecule has 0 bridgehead atoms. The van der Waals surface area contributed by atoms with Gasteiger partial charge in [-0.2, -0.15) is 0 Å². The second kappa shape index (κ2) is 10.2. The molecule has 2 N–H and O–H groups in total. The van der Waals surface area contributed by atoms with Crippen LogP contribution in [0.25, 0.3) is 0 Å². The minimum absolute atomic E-state index is 0.103. The number of ether oxygens (including phenoxy) is 3. The van der Waals surface area contributed by atoms with Gasteiger partial charge in [0.2, 0.25) is 0 Å². The summed E-state index contributed by atoms with van der Waals surface area (Å²) in [7, 11) is -1.93. The summed E-state index contributed by atoms with van der Waals surface area (Å²) in [4.78, 5) is 14.4. The predicted molar refractivity (Wildman–Crippen MR) is 134 cm³/mol. The molecule has 0 radical (unpaired) electrons. The van der Waals surface area contributed by atoms with Crippen LogP contribution in [0, 0.1) is 0 Å². The van der Waals surface area contributed by atoms with Gasteiger partial charge in [-0.1, -0.05) is 32.9 Å². The molecule has 0 unspecified atom stereocenters. The van der Waals surface area contributed by atoms with Gasteiger partial charge in [-0.05, 0) is 52.8 Å². The Hall–Kier alpha value is -0.973. The fourth-order valence-corrected chi connectivity index (χ4v) is 5.33. The van der Waals surface area contributed by atoms with Crippen LogP contribution in [0.15, 0.2) is 12.2 Å². The summed E-state index contributed by atoms with van der Waals surface area (Å²) < 4.78 is 23.8. The number of aliphatic hydroxyl groups is 2. The molecular weight excluding hydrogens is 454 g/mol. The Labute approximate surface area is 206 Å². The lowest BCUT2D eigenvalue weighted by atomic mass is 9.88. The largest absolute Gasteiger partial charge is 0.444 e. The van der Waals surface area contributed by atoms with E-state index < -0.39 is 44.0 Å². The van der Waals surface area contributed by atoms with Gasteiger partial charge >= 0.3 is 6.09 Å². The van der Waals surface area contributed by atoms with E-state index >= 15 is 0 Å². The monoisotopic (exact) mass is 501 g/mol. The average Bonchev–Trinajstić information content (AvgIpc) is 2.94. The molecular formula is C25H47NO7Si. The van der Waals surface area contributed by atoms with E-state index in [1.54, 1.807) is 13.8 Å². The first-order chi connectivity index (χ1) is 15.3. The van der Waals surface area contributed by atoms with Crippen LogP contribution in [-0.2, 0) is 18.6 Å². The van der Waals surface area contributed by atoms with Crippen LogP contribution < -0.4 is 0 Å². The SMILES string of the molecule is CC(C)(C)OC(=O)N1[C@@H](C[C@](O)(CO)C[C@@H]2C=C[C@H](O[Si](C)(C)C(C)(C)C)CO2)COC1(C)C. The average molecular weight is 502 g/mol. The van der Waals surface area contributed by atoms with Gasteiger partial charge in [0.05, 0.1) is 43.7 Å². The first-order valence-electron chi connectivity index (χ1n) is 12.3. The molecule has 1 amide bonds. The summed E-state index contributed by atoms with van der Waals surface area (Å²) in [6.07, 6.45) is 3.27. The van der Waals surface area contributed by atoms with Crippen LogP contribution in [0.2, 0.25) is 18.1 Å². The third kappa shape index (κ3) is 7.51. The Morgan fingerprint density at radius 3 is 2.21 bits per heavy atom. The summed E-state index contributed by atoms with van der Waals surface area (Å²) in [5.41, 5.74) is -2.98. The van der Waals surface area contributed by atoms with E-state index in [4.69, 9.17) is 18.6 Å². The Bertz CT molecular complexity index is 741. The van der Waals surface area contributed by atoms with Gasteiger partial charge in [-0.25, -0.2) is 4.79 Å². The molecule has 9 heteroatoms. The number of amides is 1. The van der Waals surface area contributed by atoms with E-state index in [2.05, 4.69) is 33.9 Å². The van der Waals surface area contributed by atoms with Gasteiger partial charge in [-0.15, -0.1) is 0 Å². The van der Waals surface area contributed by atoms with Gasteiger partial charge in [-0.3, -0.25) is 4.90 Å². The van der Waals surface area contributed by atoms with Gasteiger partial charge in [0.15, 0.2) is 8.32 Å². The summed E-state index contributed by atoms with van der Waals surface area (Å²) in [5.74, 6) is 0. The number of hydrogen-bond donors (Lipinski definition) is 2. The summed E-state index contributed by atoms with van der Waals surface area (Å²) in [6.45, 7) is 20.2. The van der Waals surface area contributed by atoms with Crippen molar-refractivity contribution in [2.24, 2.45) is 0 Å². The minimum atomic E-state index is -1.93. The second-order valence-corrected chi connectivity index (χ2v) is 17.5. The number of nitrogens with zero attached hydrogens (tertiary/aromatic N) is 1. The Kier molecular flexibility index (Phi) is 8.76. The van der Waals surface area contributed by atoms with Crippen LogP contribution in [0.5, 0.6) is 0 Å². The molecule has 0 aromatic rings. The van der Waals surface area contributed by atoms with Crippen molar-refractivity contribution in [2.45, 2.75) is 122 Å². The molecule has 0 aliphatic carbocycles. The van der Waals surface area contributed by atoms with E-state index in [1.165, 1.54) is 4.90 Å². The molecule has 2 heterocycles. The lowest BCUT2D eigenvalue weighted by Crippen LogP contribution is -2.53. The molecule has 198 valence electrons. The van der Waals surface area contributed by atoms with Gasteiger partial charge in [0.25, 0.3) is 0 Å². The maximum atomic E-state index is 12.9. The smallest absolute Gasteiger partial charge is 0.412 e. The van der Waals surface area contributed by atoms with Crippen LogP contribution in [-0.4, -0.2) is 84.5 Å². The van der Waals surface area contributed by atoms with Crippen molar-refractivity contribution in [3.63, 3.8) is 0 Å². The van der Waals surface area contributed by atoms with E-state index in [9.17, 15) is 15.0 Å². The zero-order valence-electron chi connectivity index (χ0n) is 22.8. The van der Waals surface area contributed by atoms with Crippen molar-refractivity contribution in [3.8, 4) is 0 Å². The lowest BCUT2D eigenvalue weighted by Gasteiger charge is -2.40. The molecule has 4 atom stereocenters. The molecule has 0 aromatic carbocycles. The zero-order valence-corrected chi connectivity index (χ0v) is 23.8. The first-order valence-corrected chi connectivity index (χ1v) is 15.2. The fourth-order valence-electron chi connectivity index (χ4n) is 4.07. The third-order valence-corrected chi connectivity index (χ3v) is 11.4. The van der Waals surface area contributed by atoms with Crippen molar-refractivity contribution in [1.82, 2.24) is 4.90 Å². The Morgan fingerprint density at radius 2 is 1.74 bits per heavy atom. The third-order valence-electron chi connectivity index (χ3n) is 6.92. The molecule has 2 aliphatic heterocycles. The van der Waals surface area contributed by atoms with Crippen LogP contribution >= 0.6 is 0 Å². The van der Waals surface area contributed by atoms with Gasteiger partial charge in [0, 0.05) is 12.8 Å². The zero-order chi connectivity index (χ0) is 26.2. The molecule has 8 nitrogen and oxygen atoms in total. The van der Waals surface area contributed by atoms with Crippen molar-refractivity contribution in [3.05, 3.63) is 12.2 Å². The maximum absolute atomic E-state index is 12.9. The van der Waals surface area contributed by atoms with Crippen LogP contribution in [0.4, 0.5) is 4.79 Å². The normalized spacial score (nSPS) is 27.5. The first kappa shape index (κ1) is 29.3. The quantitative estimate of drug-likeness (QED) is 0.398. The minimum Gasteiger partial charge on any atom is -0.444 e. The highest BCUT2D eigenvalue weighted by Gasteiger charge is 2.49. The van der Waals surface area contributed by atoms with Crippen molar-refractivity contribution >= 4 is 14.4 Å². The molecule has 0 spiro atoms. The lowest BCUT2D eigenvalue weighted by molar-refractivity contribution is -0.0872. The van der Waals surface area contributed by atoms with E-state index in [0.29, 0.717) is 6.61 Å². The molecule has 1 fully saturated rings. The van der Waals surface area contributed by atoms with E-state index in [-0.39, 0.29) is 36.7 Å². The van der Waals surface area contributed by atoms with E-state index in [0.717, 1.165) is 0 Å². The van der Waals surface area contributed by atoms with Gasteiger partial charge < -0.3 is 28.8 Å². The summed E-state index contributed by atoms with van der Waals surface area (Å²) in [5, 5.41) is 21.5. The maximum Gasteiger partial charge on any atom is 0.412 e. The summed E-state index contributed by atoms with van der Waals surface area (Å²) >= 11 is 0. The van der Waals surface area contributed by atoms with Crippen molar-refractivity contribution in [1.29, 1.82) is 0 Å². The fraction of sp³-hybridized carbons (Fsp3) is 0.880. The molecule has 0 saturated carbocycles. The Balaban J connectivity index is 2.06. The molecule has 1 saturated heterocycles. The molecule has 0 aromatic heterocycles. The Morgan fingerprint density at radius 1 is 1.12 bits per heavy atom. The van der Waals surface area contributed by atoms with Gasteiger partial charge in [0.1, 0.15) is 11.3 Å². The number of rotatable bonds is 7. The number of hydrogen-bond acceptors (Lipinski definition) is 7. The molecule has 2 aliphatic rings. The highest BCUT2D eigenvalue weighted by Crippen LogP contribution is 2.38. The topological polar surface area (TPSA) is 97.7 Å². The second-order valence-electron chi connectivity index (χ2n) is 12.7. The van der Waals surface area contributed by atoms with E-state index in [1.807, 2.05) is 32.9 Å². The molecule has 34 heavy (non-hydrogen) atoms. The number of aliphatic hydroxyl groups excluding tert-OH is 1. The number of carbonyl (C=O) groups is 1. The van der Waals surface area contributed by atoms with Crippen LogP contribution in [0.1, 0.15) is 68.2 Å². The predicted octanol–water partition coefficient (Wildman–Crippen LogP) is 4.21. The number of carbonyl (C=O) groups excluding carboxylic acids is 1. The highest BCUT2D eigenvalue weighted by molar-refractivity contribution is 6.74. The highest BCUT2D eigenvalue weighted by atomic mass is 28.4.